The van der Waals surface area contributed by atoms with E-state index in [0.717, 1.165) is 13.1 Å². The van der Waals surface area contributed by atoms with E-state index in [4.69, 9.17) is 5.11 Å². The van der Waals surface area contributed by atoms with Crippen molar-refractivity contribution in [3.05, 3.63) is 29.3 Å². The molecule has 1 atom stereocenters. The Kier molecular flexibility index (Phi) is 6.45. The van der Waals surface area contributed by atoms with Crippen LogP contribution in [0.15, 0.2) is 18.2 Å². The first-order valence-corrected chi connectivity index (χ1v) is 10.4. The minimum Gasteiger partial charge on any atom is -0.481 e. The number of aliphatic carboxylic acids is 1. The topological polar surface area (TPSA) is 90.0 Å². The van der Waals surface area contributed by atoms with Gasteiger partial charge in [-0.3, -0.25) is 14.4 Å². The first-order chi connectivity index (χ1) is 13.8. The fourth-order valence-electron chi connectivity index (χ4n) is 4.48. The Labute approximate surface area is 172 Å². The highest BCUT2D eigenvalue weighted by Gasteiger charge is 2.38. The molecule has 7 nitrogen and oxygen atoms in total. The number of carboxylic acid groups (broad SMARTS) is 1. The van der Waals surface area contributed by atoms with Crippen LogP contribution >= 0.6 is 0 Å². The van der Waals surface area contributed by atoms with E-state index in [0.29, 0.717) is 45.2 Å². The molecule has 0 bridgehead atoms. The van der Waals surface area contributed by atoms with E-state index < -0.39 is 11.5 Å². The summed E-state index contributed by atoms with van der Waals surface area (Å²) in [6.07, 6.45) is 2.23. The third-order valence-corrected chi connectivity index (χ3v) is 6.20. The molecule has 1 aromatic carbocycles. The second-order valence-electron chi connectivity index (χ2n) is 8.38. The van der Waals surface area contributed by atoms with E-state index in [-0.39, 0.29) is 18.2 Å². The van der Waals surface area contributed by atoms with Gasteiger partial charge in [-0.1, -0.05) is 17.7 Å². The number of nitrogens with zero attached hydrogens (tertiary/aromatic N) is 2. The Morgan fingerprint density at radius 3 is 2.38 bits per heavy atom. The molecular weight excluding hydrogens is 370 g/mol. The number of carboxylic acids is 1. The summed E-state index contributed by atoms with van der Waals surface area (Å²) in [4.78, 5) is 39.6. The number of anilines is 1. The average Bonchev–Trinajstić information content (AvgIpc) is 3.06. The van der Waals surface area contributed by atoms with E-state index in [1.807, 2.05) is 4.90 Å². The van der Waals surface area contributed by atoms with Crippen LogP contribution in [-0.2, 0) is 14.4 Å². The summed E-state index contributed by atoms with van der Waals surface area (Å²) in [6.45, 7) is 7.17. The van der Waals surface area contributed by atoms with Gasteiger partial charge in [0.05, 0.1) is 0 Å². The van der Waals surface area contributed by atoms with Gasteiger partial charge in [0.15, 0.2) is 0 Å². The fraction of sp³-hybridized carbons (Fsp3) is 0.591. The smallest absolute Gasteiger partial charge is 0.303 e. The molecule has 0 unspecified atom stereocenters. The van der Waals surface area contributed by atoms with Gasteiger partial charge in [-0.15, -0.1) is 0 Å². The third kappa shape index (κ3) is 5.28. The molecule has 0 aromatic heterocycles. The molecule has 29 heavy (non-hydrogen) atoms. The van der Waals surface area contributed by atoms with Gasteiger partial charge in [-0.25, -0.2) is 0 Å². The van der Waals surface area contributed by atoms with E-state index in [9.17, 15) is 14.4 Å². The molecule has 2 saturated heterocycles. The van der Waals surface area contributed by atoms with Crippen LogP contribution in [0, 0.1) is 13.8 Å². The minimum absolute atomic E-state index is 0.00302. The van der Waals surface area contributed by atoms with Crippen molar-refractivity contribution in [2.75, 3.05) is 31.1 Å². The number of carbonyl (C=O) groups is 3. The molecule has 2 aliphatic heterocycles. The Balaban J connectivity index is 1.52. The molecule has 2 heterocycles. The first-order valence-electron chi connectivity index (χ1n) is 10.4. The summed E-state index contributed by atoms with van der Waals surface area (Å²) < 4.78 is 0. The number of rotatable bonds is 7. The molecule has 0 aliphatic carbocycles. The van der Waals surface area contributed by atoms with Crippen LogP contribution in [0.25, 0.3) is 0 Å². The Morgan fingerprint density at radius 2 is 1.79 bits per heavy atom. The number of carbonyl (C=O) groups excluding carboxylic acids is 2. The van der Waals surface area contributed by atoms with Crippen molar-refractivity contribution in [2.24, 2.45) is 0 Å². The molecule has 2 N–H and O–H groups in total. The number of piperazine rings is 1. The van der Waals surface area contributed by atoms with E-state index in [2.05, 4.69) is 42.3 Å². The normalized spacial score (nSPS) is 21.9. The average molecular weight is 402 g/mol. The van der Waals surface area contributed by atoms with E-state index in [1.54, 1.807) is 0 Å². The van der Waals surface area contributed by atoms with Crippen molar-refractivity contribution in [1.82, 2.24) is 10.2 Å². The minimum atomic E-state index is -0.876. The zero-order valence-corrected chi connectivity index (χ0v) is 17.4. The maximum Gasteiger partial charge on any atom is 0.303 e. The van der Waals surface area contributed by atoms with Gasteiger partial charge in [-0.05, 0) is 44.7 Å². The number of benzene rings is 1. The number of hydrogen-bond donors (Lipinski definition) is 2. The maximum absolute atomic E-state index is 12.7. The molecule has 1 aromatic rings. The van der Waals surface area contributed by atoms with Crippen molar-refractivity contribution in [1.29, 1.82) is 0 Å². The van der Waals surface area contributed by atoms with Gasteiger partial charge in [0.1, 0.15) is 0 Å². The number of amides is 2. The first kappa shape index (κ1) is 21.1. The molecule has 158 valence electrons. The summed E-state index contributed by atoms with van der Waals surface area (Å²) in [6, 6.07) is 6.45. The molecule has 2 amide bonds. The van der Waals surface area contributed by atoms with Crippen molar-refractivity contribution in [3.63, 3.8) is 0 Å². The van der Waals surface area contributed by atoms with Gasteiger partial charge in [0.2, 0.25) is 11.8 Å². The van der Waals surface area contributed by atoms with Gasteiger partial charge in [0.25, 0.3) is 0 Å². The lowest BCUT2D eigenvalue weighted by Crippen LogP contribution is -2.50. The van der Waals surface area contributed by atoms with Crippen molar-refractivity contribution in [3.8, 4) is 0 Å². The Morgan fingerprint density at radius 1 is 1.10 bits per heavy atom. The van der Waals surface area contributed by atoms with Crippen molar-refractivity contribution >= 4 is 23.5 Å². The van der Waals surface area contributed by atoms with E-state index in [1.165, 1.54) is 16.8 Å². The van der Waals surface area contributed by atoms with Crippen LogP contribution in [0.2, 0.25) is 0 Å². The number of aryl methyl sites for hydroxylation is 2. The van der Waals surface area contributed by atoms with Crippen LogP contribution in [-0.4, -0.2) is 59.5 Å². The monoisotopic (exact) mass is 401 g/mol. The summed E-state index contributed by atoms with van der Waals surface area (Å²) in [5.41, 5.74) is 3.17. The fourth-order valence-corrected chi connectivity index (χ4v) is 4.48. The predicted molar refractivity (Wildman–Crippen MR) is 111 cm³/mol. The summed E-state index contributed by atoms with van der Waals surface area (Å²) >= 11 is 0. The maximum atomic E-state index is 12.7. The molecule has 2 fully saturated rings. The van der Waals surface area contributed by atoms with Gasteiger partial charge < -0.3 is 20.2 Å². The van der Waals surface area contributed by atoms with Gasteiger partial charge in [0, 0.05) is 56.7 Å². The van der Waals surface area contributed by atoms with Gasteiger partial charge in [-0.2, -0.15) is 0 Å². The lowest BCUT2D eigenvalue weighted by Gasteiger charge is -2.37. The highest BCUT2D eigenvalue weighted by molar-refractivity contribution is 5.80. The van der Waals surface area contributed by atoms with Gasteiger partial charge >= 0.3 is 5.97 Å². The molecule has 7 heteroatoms. The largest absolute Gasteiger partial charge is 0.481 e. The Hall–Kier alpha value is -2.57. The number of hydrogen-bond acceptors (Lipinski definition) is 4. The second kappa shape index (κ2) is 8.84. The standard InChI is InChI=1S/C22H31N3O4/c1-16-3-4-18(17(2)15-16)24-11-13-25(14-12-24)20(27)6-9-22(10-7-21(28)29)8-5-19(26)23-22/h3-4,15H,5-14H2,1-2H3,(H,23,26)(H,28,29)/t22-/m1/s1. The zero-order chi connectivity index (χ0) is 21.0. The van der Waals surface area contributed by atoms with Crippen LogP contribution < -0.4 is 10.2 Å². The highest BCUT2D eigenvalue weighted by Crippen LogP contribution is 2.31. The lowest BCUT2D eigenvalue weighted by atomic mass is 9.86. The third-order valence-electron chi connectivity index (χ3n) is 6.20. The van der Waals surface area contributed by atoms with Crippen molar-refractivity contribution < 1.29 is 19.5 Å². The highest BCUT2D eigenvalue weighted by atomic mass is 16.4. The quantitative estimate of drug-likeness (QED) is 0.731. The van der Waals surface area contributed by atoms with Crippen molar-refractivity contribution in [2.45, 2.75) is 57.9 Å². The molecule has 0 saturated carbocycles. The second-order valence-corrected chi connectivity index (χ2v) is 8.38. The summed E-state index contributed by atoms with van der Waals surface area (Å²) in [5.74, 6) is -0.842. The summed E-state index contributed by atoms with van der Waals surface area (Å²) in [7, 11) is 0. The molecule has 0 radical (unpaired) electrons. The number of nitrogens with one attached hydrogen (secondary N) is 1. The molecule has 0 spiro atoms. The molecular formula is C22H31N3O4. The van der Waals surface area contributed by atoms with E-state index >= 15 is 0 Å². The zero-order valence-electron chi connectivity index (χ0n) is 17.4. The molecule has 3 rings (SSSR count). The predicted octanol–water partition coefficient (Wildman–Crippen LogP) is 2.25. The SMILES string of the molecule is Cc1ccc(N2CCN(C(=O)CC[C@@]3(CCC(=O)O)CCC(=O)N3)CC2)c(C)c1. The van der Waals surface area contributed by atoms with Crippen LogP contribution in [0.5, 0.6) is 0 Å². The summed E-state index contributed by atoms with van der Waals surface area (Å²) in [5, 5.41) is 11.9. The molecule has 2 aliphatic rings. The Bertz CT molecular complexity index is 786. The van der Waals surface area contributed by atoms with Crippen LogP contribution in [0.4, 0.5) is 5.69 Å². The van der Waals surface area contributed by atoms with Crippen LogP contribution in [0.1, 0.15) is 49.7 Å². The lowest BCUT2D eigenvalue weighted by molar-refractivity contribution is -0.137. The van der Waals surface area contributed by atoms with Crippen LogP contribution in [0.3, 0.4) is 0 Å².